The van der Waals surface area contributed by atoms with E-state index in [2.05, 4.69) is 21.2 Å². The number of piperidine rings is 1. The van der Waals surface area contributed by atoms with Gasteiger partial charge < -0.3 is 5.32 Å². The molecular formula is C13H21N3. The first kappa shape index (κ1) is 10.3. The molecule has 1 N–H and O–H groups in total. The number of nitrogens with zero attached hydrogens (tertiary/aromatic N) is 2. The minimum atomic E-state index is 0.687. The molecule has 1 aliphatic heterocycles. The van der Waals surface area contributed by atoms with Gasteiger partial charge in [-0.2, -0.15) is 5.10 Å². The quantitative estimate of drug-likeness (QED) is 0.828. The molecule has 2 aliphatic rings. The van der Waals surface area contributed by atoms with Crippen molar-refractivity contribution >= 4 is 0 Å². The van der Waals surface area contributed by atoms with Crippen LogP contribution in [0.25, 0.3) is 0 Å². The van der Waals surface area contributed by atoms with Crippen molar-refractivity contribution in [3.63, 3.8) is 0 Å². The fraction of sp³-hybridized carbons (Fsp3) is 0.769. The van der Waals surface area contributed by atoms with Gasteiger partial charge >= 0.3 is 0 Å². The van der Waals surface area contributed by atoms with Crippen molar-refractivity contribution in [3.05, 3.63) is 18.0 Å². The molecule has 0 radical (unpaired) electrons. The molecule has 1 atom stereocenters. The van der Waals surface area contributed by atoms with Gasteiger partial charge in [0.1, 0.15) is 0 Å². The Labute approximate surface area is 97.2 Å². The van der Waals surface area contributed by atoms with Crippen LogP contribution < -0.4 is 5.32 Å². The van der Waals surface area contributed by atoms with E-state index in [-0.39, 0.29) is 0 Å². The molecule has 1 saturated heterocycles. The van der Waals surface area contributed by atoms with E-state index in [0.717, 1.165) is 6.54 Å². The summed E-state index contributed by atoms with van der Waals surface area (Å²) in [4.78, 5) is 0. The molecule has 0 amide bonds. The van der Waals surface area contributed by atoms with Gasteiger partial charge in [-0.05, 0) is 38.3 Å². The molecule has 1 aromatic heterocycles. The van der Waals surface area contributed by atoms with Gasteiger partial charge in [0.2, 0.25) is 0 Å². The Balaban J connectivity index is 1.80. The zero-order valence-corrected chi connectivity index (χ0v) is 9.86. The van der Waals surface area contributed by atoms with Crippen molar-refractivity contribution < 1.29 is 0 Å². The van der Waals surface area contributed by atoms with Gasteiger partial charge in [0.25, 0.3) is 0 Å². The zero-order chi connectivity index (χ0) is 10.8. The second-order valence-electron chi connectivity index (χ2n) is 5.18. The molecule has 0 aromatic carbocycles. The van der Waals surface area contributed by atoms with Crippen molar-refractivity contribution in [2.75, 3.05) is 13.1 Å². The van der Waals surface area contributed by atoms with Crippen LogP contribution in [0.4, 0.5) is 0 Å². The van der Waals surface area contributed by atoms with E-state index >= 15 is 0 Å². The molecule has 1 aliphatic carbocycles. The van der Waals surface area contributed by atoms with Crippen LogP contribution in [0.2, 0.25) is 0 Å². The van der Waals surface area contributed by atoms with Crippen LogP contribution in [0.3, 0.4) is 0 Å². The van der Waals surface area contributed by atoms with Gasteiger partial charge in [-0.15, -0.1) is 0 Å². The molecule has 2 fully saturated rings. The summed E-state index contributed by atoms with van der Waals surface area (Å²) in [7, 11) is 0. The number of rotatable bonds is 2. The molecule has 1 aromatic rings. The Kier molecular flexibility index (Phi) is 2.96. The fourth-order valence-corrected chi connectivity index (χ4v) is 3.21. The maximum atomic E-state index is 4.56. The predicted molar refractivity (Wildman–Crippen MR) is 64.6 cm³/mol. The summed E-state index contributed by atoms with van der Waals surface area (Å²) < 4.78 is 2.32. The number of hydrogen-bond donors (Lipinski definition) is 1. The molecule has 16 heavy (non-hydrogen) atoms. The maximum Gasteiger partial charge on any atom is 0.0522 e. The molecule has 1 unspecified atom stereocenters. The summed E-state index contributed by atoms with van der Waals surface area (Å²) in [6.45, 7) is 2.33. The topological polar surface area (TPSA) is 29.9 Å². The average molecular weight is 219 g/mol. The third-order valence-electron chi connectivity index (χ3n) is 4.09. The normalized spacial score (nSPS) is 27.4. The largest absolute Gasteiger partial charge is 0.316 e. The smallest absolute Gasteiger partial charge is 0.0522 e. The van der Waals surface area contributed by atoms with Crippen LogP contribution in [0.1, 0.15) is 56.2 Å². The molecular weight excluding hydrogens is 198 g/mol. The first-order chi connectivity index (χ1) is 7.95. The van der Waals surface area contributed by atoms with Crippen LogP contribution in [0.5, 0.6) is 0 Å². The van der Waals surface area contributed by atoms with Crippen LogP contribution >= 0.6 is 0 Å². The van der Waals surface area contributed by atoms with Crippen molar-refractivity contribution in [1.29, 1.82) is 0 Å². The lowest BCUT2D eigenvalue weighted by atomic mass is 9.96. The third kappa shape index (κ3) is 1.88. The monoisotopic (exact) mass is 219 g/mol. The van der Waals surface area contributed by atoms with Crippen molar-refractivity contribution in [2.45, 2.75) is 50.5 Å². The van der Waals surface area contributed by atoms with Gasteiger partial charge in [0.15, 0.2) is 0 Å². The molecule has 88 valence electrons. The van der Waals surface area contributed by atoms with E-state index in [4.69, 9.17) is 0 Å². The standard InChI is InChI=1S/C13H21N3/c1-2-6-12(5-1)16-13(7-9-15-16)11-4-3-8-14-10-11/h7,9,11-12,14H,1-6,8,10H2. The zero-order valence-electron chi connectivity index (χ0n) is 9.86. The molecule has 3 nitrogen and oxygen atoms in total. The Morgan fingerprint density at radius 3 is 2.81 bits per heavy atom. The third-order valence-corrected chi connectivity index (χ3v) is 4.09. The summed E-state index contributed by atoms with van der Waals surface area (Å²) in [6, 6.07) is 2.92. The molecule has 0 bridgehead atoms. The summed E-state index contributed by atoms with van der Waals surface area (Å²) in [6.07, 6.45) is 10.0. The Morgan fingerprint density at radius 2 is 2.06 bits per heavy atom. The van der Waals surface area contributed by atoms with Crippen molar-refractivity contribution in [2.24, 2.45) is 0 Å². The second-order valence-corrected chi connectivity index (χ2v) is 5.18. The van der Waals surface area contributed by atoms with Crippen molar-refractivity contribution in [1.82, 2.24) is 15.1 Å². The molecule has 3 rings (SSSR count). The van der Waals surface area contributed by atoms with E-state index in [1.807, 2.05) is 6.20 Å². The van der Waals surface area contributed by atoms with Gasteiger partial charge in [-0.1, -0.05) is 12.8 Å². The lowest BCUT2D eigenvalue weighted by Gasteiger charge is -2.25. The van der Waals surface area contributed by atoms with E-state index in [9.17, 15) is 0 Å². The Morgan fingerprint density at radius 1 is 1.19 bits per heavy atom. The highest BCUT2D eigenvalue weighted by atomic mass is 15.3. The lowest BCUT2D eigenvalue weighted by molar-refractivity contribution is 0.394. The summed E-state index contributed by atoms with van der Waals surface area (Å²) in [5.41, 5.74) is 1.47. The molecule has 1 saturated carbocycles. The SMILES string of the molecule is c1cc(C2CCCNC2)n(C2CCCC2)n1. The first-order valence-corrected chi connectivity index (χ1v) is 6.69. The van der Waals surface area contributed by atoms with E-state index in [1.165, 1.54) is 50.8 Å². The van der Waals surface area contributed by atoms with Crippen LogP contribution in [-0.4, -0.2) is 22.9 Å². The van der Waals surface area contributed by atoms with Crippen molar-refractivity contribution in [3.8, 4) is 0 Å². The number of nitrogens with one attached hydrogen (secondary N) is 1. The number of hydrogen-bond acceptors (Lipinski definition) is 2. The predicted octanol–water partition coefficient (Wildman–Crippen LogP) is 2.47. The summed E-state index contributed by atoms with van der Waals surface area (Å²) in [5, 5.41) is 8.06. The number of aromatic nitrogens is 2. The Bertz CT molecular complexity index is 333. The fourth-order valence-electron chi connectivity index (χ4n) is 3.21. The maximum absolute atomic E-state index is 4.56. The molecule has 0 spiro atoms. The molecule has 2 heterocycles. The minimum Gasteiger partial charge on any atom is -0.316 e. The first-order valence-electron chi connectivity index (χ1n) is 6.69. The van der Waals surface area contributed by atoms with E-state index in [0.29, 0.717) is 12.0 Å². The van der Waals surface area contributed by atoms with Gasteiger partial charge in [0, 0.05) is 24.4 Å². The highest BCUT2D eigenvalue weighted by Crippen LogP contribution is 2.33. The van der Waals surface area contributed by atoms with Gasteiger partial charge in [-0.25, -0.2) is 0 Å². The summed E-state index contributed by atoms with van der Waals surface area (Å²) >= 11 is 0. The van der Waals surface area contributed by atoms with E-state index in [1.54, 1.807) is 0 Å². The van der Waals surface area contributed by atoms with Gasteiger partial charge in [-0.3, -0.25) is 4.68 Å². The lowest BCUT2D eigenvalue weighted by Crippen LogP contribution is -2.30. The van der Waals surface area contributed by atoms with Crippen LogP contribution in [0.15, 0.2) is 12.3 Å². The second kappa shape index (κ2) is 4.58. The highest BCUT2D eigenvalue weighted by Gasteiger charge is 2.24. The Hall–Kier alpha value is -0.830. The van der Waals surface area contributed by atoms with Crippen LogP contribution in [-0.2, 0) is 0 Å². The van der Waals surface area contributed by atoms with Gasteiger partial charge in [0.05, 0.1) is 6.04 Å². The average Bonchev–Trinajstić information content (AvgIpc) is 3.01. The highest BCUT2D eigenvalue weighted by molar-refractivity contribution is 5.11. The minimum absolute atomic E-state index is 0.687. The van der Waals surface area contributed by atoms with Crippen LogP contribution in [0, 0.1) is 0 Å². The van der Waals surface area contributed by atoms with E-state index < -0.39 is 0 Å². The molecule has 3 heteroatoms. The summed E-state index contributed by atoms with van der Waals surface area (Å²) in [5.74, 6) is 0.692.